The third kappa shape index (κ3) is 3.38. The molecule has 0 bridgehead atoms. The van der Waals surface area contributed by atoms with Gasteiger partial charge in [0.05, 0.1) is 22.4 Å². The summed E-state index contributed by atoms with van der Waals surface area (Å²) in [5, 5.41) is 27.9. The summed E-state index contributed by atoms with van der Waals surface area (Å²) in [6.07, 6.45) is 0. The van der Waals surface area contributed by atoms with E-state index in [4.69, 9.17) is 0 Å². The summed E-state index contributed by atoms with van der Waals surface area (Å²) < 4.78 is 0. The Morgan fingerprint density at radius 2 is 1.19 bits per heavy atom. The molecule has 0 saturated carbocycles. The average Bonchev–Trinajstić information content (AvgIpc) is 2.71. The summed E-state index contributed by atoms with van der Waals surface area (Å²) in [7, 11) is 0. The molecule has 150 valence electrons. The fraction of sp³-hybridized carbons (Fsp3) is 0. The first-order valence-corrected chi connectivity index (χ1v) is 8.50. The van der Waals surface area contributed by atoms with Crippen LogP contribution in [0.4, 0.5) is 5.69 Å². The zero-order valence-electron chi connectivity index (χ0n) is 14.9. The standard InChI is InChI=1S/C21H11NO8.Na.H/c23-17-11-4-6-13(20(27)28)16-14(21(29)30)7-5-12(15(11)16)18(24)22(17)10-3-1-2-9(8-10)19(25)26;;/h1-8H,(H,25,26)(H,27,28)(H,29,30);;. The van der Waals surface area contributed by atoms with Crippen molar-refractivity contribution in [2.24, 2.45) is 0 Å². The van der Waals surface area contributed by atoms with Crippen molar-refractivity contribution in [3.8, 4) is 0 Å². The molecular weight excluding hydrogens is 417 g/mol. The Kier molecular flexibility index (Phi) is 5.68. The third-order valence-corrected chi connectivity index (χ3v) is 4.84. The van der Waals surface area contributed by atoms with Crippen LogP contribution in [0.25, 0.3) is 10.8 Å². The Morgan fingerprint density at radius 1 is 0.677 bits per heavy atom. The number of carbonyl (C=O) groups is 5. The summed E-state index contributed by atoms with van der Waals surface area (Å²) in [5.74, 6) is -5.69. The second-order valence-corrected chi connectivity index (χ2v) is 6.48. The van der Waals surface area contributed by atoms with Crippen molar-refractivity contribution in [2.45, 2.75) is 0 Å². The number of amides is 2. The summed E-state index contributed by atoms with van der Waals surface area (Å²) in [5.41, 5.74) is -0.938. The number of carboxylic acids is 3. The molecule has 0 fully saturated rings. The Bertz CT molecular complexity index is 1260. The molecular formula is C21H12NNaO8. The van der Waals surface area contributed by atoms with E-state index >= 15 is 0 Å². The molecule has 9 nitrogen and oxygen atoms in total. The minimum atomic E-state index is -1.40. The van der Waals surface area contributed by atoms with E-state index in [1.165, 1.54) is 30.3 Å². The van der Waals surface area contributed by atoms with Gasteiger partial charge in [0.2, 0.25) is 0 Å². The van der Waals surface area contributed by atoms with Crippen LogP contribution < -0.4 is 4.90 Å². The van der Waals surface area contributed by atoms with Crippen molar-refractivity contribution in [2.75, 3.05) is 4.90 Å². The van der Waals surface area contributed by atoms with Crippen LogP contribution in [0.3, 0.4) is 0 Å². The van der Waals surface area contributed by atoms with E-state index in [-0.39, 0.29) is 73.8 Å². The molecule has 0 atom stereocenters. The molecule has 0 aromatic heterocycles. The number of carbonyl (C=O) groups excluding carboxylic acids is 2. The van der Waals surface area contributed by atoms with E-state index in [0.717, 1.165) is 23.1 Å². The number of rotatable bonds is 4. The van der Waals surface area contributed by atoms with Crippen molar-refractivity contribution in [3.63, 3.8) is 0 Å². The molecule has 0 unspecified atom stereocenters. The third-order valence-electron chi connectivity index (χ3n) is 4.84. The van der Waals surface area contributed by atoms with Crippen LogP contribution in [0.2, 0.25) is 0 Å². The molecule has 3 aromatic carbocycles. The average molecular weight is 429 g/mol. The first kappa shape index (κ1) is 22.2. The number of benzene rings is 3. The molecule has 0 radical (unpaired) electrons. The molecule has 1 aliphatic heterocycles. The predicted octanol–water partition coefficient (Wildman–Crippen LogP) is 2.09. The van der Waals surface area contributed by atoms with E-state index in [1.54, 1.807) is 0 Å². The molecule has 4 rings (SSSR count). The van der Waals surface area contributed by atoms with Crippen LogP contribution in [0.15, 0.2) is 48.5 Å². The summed E-state index contributed by atoms with van der Waals surface area (Å²) >= 11 is 0. The molecule has 2 amide bonds. The molecule has 0 aliphatic carbocycles. The molecule has 1 aliphatic rings. The monoisotopic (exact) mass is 429 g/mol. The number of carboxylic acid groups (broad SMARTS) is 3. The van der Waals surface area contributed by atoms with Gasteiger partial charge >= 0.3 is 47.5 Å². The minimum absolute atomic E-state index is 0. The number of anilines is 1. The van der Waals surface area contributed by atoms with Crippen molar-refractivity contribution in [1.29, 1.82) is 0 Å². The molecule has 1 heterocycles. The van der Waals surface area contributed by atoms with Gasteiger partial charge in [0, 0.05) is 21.9 Å². The number of nitrogens with zero attached hydrogens (tertiary/aromatic N) is 1. The van der Waals surface area contributed by atoms with Crippen LogP contribution in [0, 0.1) is 0 Å². The van der Waals surface area contributed by atoms with Gasteiger partial charge in [-0.05, 0) is 42.5 Å². The predicted molar refractivity (Wildman–Crippen MR) is 110 cm³/mol. The summed E-state index contributed by atoms with van der Waals surface area (Å²) in [6, 6.07) is 9.88. The molecule has 0 spiro atoms. The van der Waals surface area contributed by atoms with E-state index < -0.39 is 29.7 Å². The van der Waals surface area contributed by atoms with Crippen LogP contribution in [0.5, 0.6) is 0 Å². The second-order valence-electron chi connectivity index (χ2n) is 6.48. The first-order chi connectivity index (χ1) is 14.2. The molecule has 0 saturated heterocycles. The fourth-order valence-corrected chi connectivity index (χ4v) is 3.55. The van der Waals surface area contributed by atoms with Gasteiger partial charge in [-0.2, -0.15) is 0 Å². The summed E-state index contributed by atoms with van der Waals surface area (Å²) in [6.45, 7) is 0. The van der Waals surface area contributed by atoms with Crippen LogP contribution >= 0.6 is 0 Å². The number of imide groups is 1. The maximum absolute atomic E-state index is 13.1. The maximum atomic E-state index is 13.1. The number of aromatic carboxylic acids is 3. The molecule has 3 N–H and O–H groups in total. The molecule has 31 heavy (non-hydrogen) atoms. The van der Waals surface area contributed by atoms with Crippen molar-refractivity contribution < 1.29 is 39.3 Å². The zero-order chi connectivity index (χ0) is 21.7. The van der Waals surface area contributed by atoms with E-state index in [0.29, 0.717) is 0 Å². The van der Waals surface area contributed by atoms with Gasteiger partial charge in [-0.15, -0.1) is 0 Å². The normalized spacial score (nSPS) is 12.5. The Labute approximate surface area is 195 Å². The van der Waals surface area contributed by atoms with Gasteiger partial charge in [-0.25, -0.2) is 19.3 Å². The summed E-state index contributed by atoms with van der Waals surface area (Å²) in [4.78, 5) is 61.6. The Balaban J connectivity index is 0.00000272. The Morgan fingerprint density at radius 3 is 1.65 bits per heavy atom. The second kappa shape index (κ2) is 7.95. The molecule has 10 heteroatoms. The quantitative estimate of drug-likeness (QED) is 0.422. The van der Waals surface area contributed by atoms with Crippen molar-refractivity contribution >= 4 is 75.7 Å². The van der Waals surface area contributed by atoms with Crippen LogP contribution in [-0.2, 0) is 0 Å². The topological polar surface area (TPSA) is 149 Å². The van der Waals surface area contributed by atoms with Crippen LogP contribution in [0.1, 0.15) is 51.8 Å². The van der Waals surface area contributed by atoms with Gasteiger partial charge in [0.1, 0.15) is 0 Å². The van der Waals surface area contributed by atoms with Crippen molar-refractivity contribution in [3.05, 3.63) is 76.3 Å². The van der Waals surface area contributed by atoms with E-state index in [2.05, 4.69) is 0 Å². The van der Waals surface area contributed by atoms with E-state index in [1.807, 2.05) is 0 Å². The number of hydrogen-bond acceptors (Lipinski definition) is 5. The van der Waals surface area contributed by atoms with Gasteiger partial charge in [-0.1, -0.05) is 6.07 Å². The first-order valence-electron chi connectivity index (χ1n) is 8.50. The SMILES string of the molecule is O=C(O)c1cccc(N2C(=O)c3ccc(C(=O)O)c4c(C(=O)O)ccc(c34)C2=O)c1.[NaH]. The Hall–Kier alpha value is -3.53. The molecule has 3 aromatic rings. The van der Waals surface area contributed by atoms with E-state index in [9.17, 15) is 39.3 Å². The van der Waals surface area contributed by atoms with Crippen molar-refractivity contribution in [1.82, 2.24) is 0 Å². The van der Waals surface area contributed by atoms with Gasteiger partial charge < -0.3 is 15.3 Å². The zero-order valence-corrected chi connectivity index (χ0v) is 14.9. The van der Waals surface area contributed by atoms with Gasteiger partial charge in [0.25, 0.3) is 11.8 Å². The fourth-order valence-electron chi connectivity index (χ4n) is 3.55. The van der Waals surface area contributed by atoms with Gasteiger partial charge in [-0.3, -0.25) is 9.59 Å². The van der Waals surface area contributed by atoms with Gasteiger partial charge in [0.15, 0.2) is 0 Å². The van der Waals surface area contributed by atoms with Crippen LogP contribution in [-0.4, -0.2) is 74.6 Å². The number of hydrogen-bond donors (Lipinski definition) is 3.